The highest BCUT2D eigenvalue weighted by Gasteiger charge is 2.38. The Morgan fingerprint density at radius 2 is 1.77 bits per heavy atom. The number of ketones is 1. The van der Waals surface area contributed by atoms with E-state index >= 15 is 0 Å². The number of fused-ring (bicyclic) bond motifs is 1. The van der Waals surface area contributed by atoms with Crippen molar-refractivity contribution < 1.29 is 18.0 Å². The van der Waals surface area contributed by atoms with Gasteiger partial charge < -0.3 is 9.80 Å². The van der Waals surface area contributed by atoms with Crippen LogP contribution in [0.15, 0.2) is 53.4 Å². The van der Waals surface area contributed by atoms with Gasteiger partial charge in [-0.3, -0.25) is 9.59 Å². The molecule has 186 valence electrons. The molecule has 0 fully saturated rings. The summed E-state index contributed by atoms with van der Waals surface area (Å²) < 4.78 is 23.5. The molecule has 0 saturated heterocycles. The molecule has 2 unspecified atom stereocenters. The zero-order valence-corrected chi connectivity index (χ0v) is 21.7. The van der Waals surface area contributed by atoms with Gasteiger partial charge in [-0.05, 0) is 66.3 Å². The molecule has 7 nitrogen and oxygen atoms in total. The van der Waals surface area contributed by atoms with E-state index in [0.717, 1.165) is 34.6 Å². The van der Waals surface area contributed by atoms with Gasteiger partial charge in [0, 0.05) is 43.0 Å². The van der Waals surface area contributed by atoms with Crippen molar-refractivity contribution in [2.75, 3.05) is 16.3 Å². The maximum Gasteiger partial charge on any atom is 0.238 e. The number of carbonyl (C=O) groups excluding carboxylic acids is 2. The van der Waals surface area contributed by atoms with Crippen LogP contribution >= 0.6 is 0 Å². The summed E-state index contributed by atoms with van der Waals surface area (Å²) in [7, 11) is -3.81. The molecule has 2 heterocycles. The monoisotopic (exact) mass is 495 g/mol. The predicted molar refractivity (Wildman–Crippen MR) is 139 cm³/mol. The van der Waals surface area contributed by atoms with Gasteiger partial charge >= 0.3 is 0 Å². The summed E-state index contributed by atoms with van der Waals surface area (Å²) in [5.41, 5.74) is 4.50. The van der Waals surface area contributed by atoms with Crippen LogP contribution in [-0.2, 0) is 25.0 Å². The van der Waals surface area contributed by atoms with E-state index in [1.807, 2.05) is 37.0 Å². The number of hydrogen-bond donors (Lipinski definition) is 1. The Kier molecular flexibility index (Phi) is 6.40. The summed E-state index contributed by atoms with van der Waals surface area (Å²) in [5.74, 6) is -0.158. The highest BCUT2D eigenvalue weighted by Crippen LogP contribution is 2.44. The number of primary sulfonamides is 1. The molecule has 8 heteroatoms. The minimum Gasteiger partial charge on any atom is -0.337 e. The molecule has 4 rings (SSSR count). The van der Waals surface area contributed by atoms with Crippen LogP contribution in [0.5, 0.6) is 0 Å². The minimum absolute atomic E-state index is 0.00199. The molecule has 0 aromatic heterocycles. The third-order valence-electron chi connectivity index (χ3n) is 7.34. The second kappa shape index (κ2) is 8.91. The number of sulfonamides is 1. The van der Waals surface area contributed by atoms with Crippen molar-refractivity contribution in [2.24, 2.45) is 11.1 Å². The van der Waals surface area contributed by atoms with E-state index in [0.29, 0.717) is 13.0 Å². The number of nitrogens with two attached hydrogens (primary N) is 1. The van der Waals surface area contributed by atoms with Gasteiger partial charge in [0.25, 0.3) is 0 Å². The molecule has 0 saturated carbocycles. The zero-order valence-electron chi connectivity index (χ0n) is 20.9. The lowest BCUT2D eigenvalue weighted by Crippen LogP contribution is -2.40. The lowest BCUT2D eigenvalue weighted by Gasteiger charge is -2.39. The average molecular weight is 496 g/mol. The number of nitrogens with zero attached hydrogens (tertiary/aromatic N) is 2. The lowest BCUT2D eigenvalue weighted by atomic mass is 9.77. The number of benzene rings is 2. The first-order valence-corrected chi connectivity index (χ1v) is 13.5. The minimum atomic E-state index is -3.81. The molecule has 35 heavy (non-hydrogen) atoms. The van der Waals surface area contributed by atoms with E-state index in [2.05, 4.69) is 24.8 Å². The molecule has 2 aliphatic rings. The topological polar surface area (TPSA) is 101 Å². The third-order valence-corrected chi connectivity index (χ3v) is 8.27. The standard InChI is InChI=1S/C27H33N3O4S/c1-6-26(32)22-16-24(30(17(22)2)20-8-10-21(11-9-20)35(28,33)34)19-7-12-23-25(15-19)29(18(3)31)14-13-27(23,4)5/h7-12,15-17,22H,6,13-14H2,1-5H3,(H2,28,33,34). The van der Waals surface area contributed by atoms with Gasteiger partial charge in [0.2, 0.25) is 15.9 Å². The average Bonchev–Trinajstić information content (AvgIpc) is 3.14. The van der Waals surface area contributed by atoms with Crippen molar-refractivity contribution in [3.63, 3.8) is 0 Å². The number of Topliss-reactive ketones (excluding diaryl/α,β-unsaturated/α-hetero) is 1. The van der Waals surface area contributed by atoms with Gasteiger partial charge in [0.1, 0.15) is 5.78 Å². The van der Waals surface area contributed by atoms with E-state index in [1.54, 1.807) is 19.1 Å². The van der Waals surface area contributed by atoms with Crippen LogP contribution in [0.2, 0.25) is 0 Å². The molecule has 2 N–H and O–H groups in total. The van der Waals surface area contributed by atoms with E-state index in [-0.39, 0.29) is 34.0 Å². The Labute approximate surface area is 207 Å². The first-order valence-electron chi connectivity index (χ1n) is 11.9. The molecule has 2 aromatic carbocycles. The first-order chi connectivity index (χ1) is 16.3. The highest BCUT2D eigenvalue weighted by atomic mass is 32.2. The Bertz CT molecular complexity index is 1310. The molecule has 2 aromatic rings. The van der Waals surface area contributed by atoms with Crippen molar-refractivity contribution in [3.8, 4) is 0 Å². The van der Waals surface area contributed by atoms with E-state index in [9.17, 15) is 18.0 Å². The van der Waals surface area contributed by atoms with Gasteiger partial charge in [-0.25, -0.2) is 13.6 Å². The summed E-state index contributed by atoms with van der Waals surface area (Å²) in [6.45, 7) is 10.5. The van der Waals surface area contributed by atoms with E-state index < -0.39 is 10.0 Å². The van der Waals surface area contributed by atoms with Crippen LogP contribution in [-0.4, -0.2) is 32.7 Å². The summed E-state index contributed by atoms with van der Waals surface area (Å²) in [4.78, 5) is 29.2. The maximum absolute atomic E-state index is 12.8. The second-order valence-corrected chi connectivity index (χ2v) is 11.6. The van der Waals surface area contributed by atoms with Gasteiger partial charge in [0.05, 0.1) is 10.8 Å². The van der Waals surface area contributed by atoms with Crippen molar-refractivity contribution in [2.45, 2.75) is 63.8 Å². The van der Waals surface area contributed by atoms with Crippen LogP contribution in [0.1, 0.15) is 58.6 Å². The van der Waals surface area contributed by atoms with Crippen LogP contribution in [0.4, 0.5) is 11.4 Å². The fourth-order valence-electron chi connectivity index (χ4n) is 5.23. The Balaban J connectivity index is 1.84. The smallest absolute Gasteiger partial charge is 0.238 e. The fourth-order valence-corrected chi connectivity index (χ4v) is 5.75. The molecular formula is C27H33N3O4S. The molecule has 0 spiro atoms. The molecule has 0 aliphatic carbocycles. The van der Waals surface area contributed by atoms with Crippen LogP contribution < -0.4 is 14.9 Å². The summed E-state index contributed by atoms with van der Waals surface area (Å²) >= 11 is 0. The number of anilines is 2. The molecule has 0 radical (unpaired) electrons. The van der Waals surface area contributed by atoms with E-state index in [4.69, 9.17) is 5.14 Å². The van der Waals surface area contributed by atoms with Crippen LogP contribution in [0.3, 0.4) is 0 Å². The molecule has 2 aliphatic heterocycles. The van der Waals surface area contributed by atoms with Crippen molar-refractivity contribution >= 4 is 38.8 Å². The molecule has 2 atom stereocenters. The highest BCUT2D eigenvalue weighted by molar-refractivity contribution is 7.89. The van der Waals surface area contributed by atoms with Crippen molar-refractivity contribution in [1.29, 1.82) is 0 Å². The first kappa shape index (κ1) is 25.1. The van der Waals surface area contributed by atoms with E-state index in [1.165, 1.54) is 12.1 Å². The number of rotatable bonds is 5. The largest absolute Gasteiger partial charge is 0.337 e. The second-order valence-electron chi connectivity index (χ2n) is 10.1. The summed E-state index contributed by atoms with van der Waals surface area (Å²) in [6.07, 6.45) is 3.31. The zero-order chi connectivity index (χ0) is 25.7. The SMILES string of the molecule is CCC(=O)C1C=C(c2ccc3c(c2)N(C(C)=O)CCC3(C)C)N(c2ccc(S(N)(=O)=O)cc2)C1C. The summed E-state index contributed by atoms with van der Waals surface area (Å²) in [6, 6.07) is 12.4. The van der Waals surface area contributed by atoms with Crippen molar-refractivity contribution in [1.82, 2.24) is 0 Å². The number of carbonyl (C=O) groups is 2. The van der Waals surface area contributed by atoms with Gasteiger partial charge in [-0.1, -0.05) is 32.9 Å². The molecule has 1 amide bonds. The van der Waals surface area contributed by atoms with Gasteiger partial charge in [-0.2, -0.15) is 0 Å². The van der Waals surface area contributed by atoms with Gasteiger partial charge in [-0.15, -0.1) is 0 Å². The maximum atomic E-state index is 12.8. The fraction of sp³-hybridized carbons (Fsp3) is 0.407. The Morgan fingerprint density at radius 1 is 1.11 bits per heavy atom. The Hall–Kier alpha value is -2.97. The van der Waals surface area contributed by atoms with Gasteiger partial charge in [0.15, 0.2) is 0 Å². The van der Waals surface area contributed by atoms with Crippen molar-refractivity contribution in [3.05, 3.63) is 59.7 Å². The number of amides is 1. The van der Waals surface area contributed by atoms with Crippen LogP contribution in [0.25, 0.3) is 5.70 Å². The normalized spacial score (nSPS) is 21.5. The van der Waals surface area contributed by atoms with Crippen LogP contribution in [0, 0.1) is 5.92 Å². The lowest BCUT2D eigenvalue weighted by molar-refractivity contribution is -0.121. The molecule has 0 bridgehead atoms. The predicted octanol–water partition coefficient (Wildman–Crippen LogP) is 4.21. The quantitative estimate of drug-likeness (QED) is 0.670. The summed E-state index contributed by atoms with van der Waals surface area (Å²) in [5, 5.41) is 5.28. The third kappa shape index (κ3) is 4.52. The Morgan fingerprint density at radius 3 is 2.34 bits per heavy atom. The number of hydrogen-bond acceptors (Lipinski definition) is 5. The molecular weight excluding hydrogens is 462 g/mol.